The minimum absolute atomic E-state index is 0.0138. The third-order valence-electron chi connectivity index (χ3n) is 4.10. The monoisotopic (exact) mass is 300 g/mol. The molecule has 112 valence electrons. The number of anilines is 1. The molecule has 1 aromatic rings. The first-order chi connectivity index (χ1) is 9.40. The highest BCUT2D eigenvalue weighted by Gasteiger charge is 2.24. The average molecular weight is 300 g/mol. The van der Waals surface area contributed by atoms with Gasteiger partial charge in [-0.3, -0.25) is 0 Å². The topological polar surface area (TPSA) is 72.2 Å². The summed E-state index contributed by atoms with van der Waals surface area (Å²) in [5, 5.41) is 0. The van der Waals surface area contributed by atoms with Gasteiger partial charge in [0.1, 0.15) is 5.82 Å². The Hall–Kier alpha value is -1.14. The zero-order valence-corrected chi connectivity index (χ0v) is 12.4. The van der Waals surface area contributed by atoms with E-state index >= 15 is 0 Å². The maximum Gasteiger partial charge on any atom is 0.240 e. The second-order valence-corrected chi connectivity index (χ2v) is 7.32. The molecule has 2 unspecified atom stereocenters. The molecule has 1 aromatic carbocycles. The van der Waals surface area contributed by atoms with Gasteiger partial charge in [-0.1, -0.05) is 26.2 Å². The zero-order chi connectivity index (χ0) is 14.8. The van der Waals surface area contributed by atoms with Gasteiger partial charge < -0.3 is 5.73 Å². The largest absolute Gasteiger partial charge is 0.396 e. The van der Waals surface area contributed by atoms with Crippen LogP contribution in [0.1, 0.15) is 32.6 Å². The molecule has 0 bridgehead atoms. The summed E-state index contributed by atoms with van der Waals surface area (Å²) in [4.78, 5) is 0.0138. The van der Waals surface area contributed by atoms with Crippen LogP contribution in [-0.2, 0) is 10.0 Å². The van der Waals surface area contributed by atoms with Crippen LogP contribution < -0.4 is 10.5 Å². The van der Waals surface area contributed by atoms with Crippen molar-refractivity contribution in [2.75, 3.05) is 12.3 Å². The minimum Gasteiger partial charge on any atom is -0.396 e. The molecule has 0 amide bonds. The van der Waals surface area contributed by atoms with E-state index < -0.39 is 15.8 Å². The van der Waals surface area contributed by atoms with Crippen molar-refractivity contribution in [3.05, 3.63) is 24.0 Å². The van der Waals surface area contributed by atoms with Crippen LogP contribution in [0.5, 0.6) is 0 Å². The van der Waals surface area contributed by atoms with Crippen LogP contribution >= 0.6 is 0 Å². The molecule has 2 rings (SSSR count). The van der Waals surface area contributed by atoms with Crippen molar-refractivity contribution in [2.24, 2.45) is 11.8 Å². The Balaban J connectivity index is 2.05. The molecule has 0 aliphatic heterocycles. The number of sulfonamides is 1. The van der Waals surface area contributed by atoms with E-state index in [9.17, 15) is 12.8 Å². The number of rotatable bonds is 4. The number of halogens is 1. The Kier molecular flexibility index (Phi) is 4.65. The van der Waals surface area contributed by atoms with Crippen LogP contribution in [0.4, 0.5) is 10.1 Å². The molecule has 0 radical (unpaired) electrons. The Labute approximate surface area is 119 Å². The first kappa shape index (κ1) is 15.3. The van der Waals surface area contributed by atoms with E-state index in [-0.39, 0.29) is 10.6 Å². The van der Waals surface area contributed by atoms with Gasteiger partial charge in [-0.15, -0.1) is 0 Å². The lowest BCUT2D eigenvalue weighted by Crippen LogP contribution is -2.33. The zero-order valence-electron chi connectivity index (χ0n) is 11.6. The van der Waals surface area contributed by atoms with Gasteiger partial charge in [-0.25, -0.2) is 17.5 Å². The predicted octanol–water partition coefficient (Wildman–Crippen LogP) is 2.51. The molecule has 3 N–H and O–H groups in total. The van der Waals surface area contributed by atoms with Gasteiger partial charge in [0.05, 0.1) is 10.6 Å². The highest BCUT2D eigenvalue weighted by Crippen LogP contribution is 2.29. The normalized spacial score (nSPS) is 23.7. The summed E-state index contributed by atoms with van der Waals surface area (Å²) in [6.07, 6.45) is 4.57. The van der Waals surface area contributed by atoms with Gasteiger partial charge in [-0.05, 0) is 36.5 Å². The van der Waals surface area contributed by atoms with Crippen LogP contribution in [0, 0.1) is 17.7 Å². The average Bonchev–Trinajstić information content (AvgIpc) is 2.41. The number of nitrogens with two attached hydrogens (primary N) is 1. The van der Waals surface area contributed by atoms with Crippen molar-refractivity contribution in [3.63, 3.8) is 0 Å². The first-order valence-electron chi connectivity index (χ1n) is 6.95. The standard InChI is InChI=1S/C14H21FN2O2S/c1-10-4-2-3-5-11(10)9-17-20(18,19)12-6-7-13(15)14(16)8-12/h6-8,10-11,17H,2-5,9,16H2,1H3. The lowest BCUT2D eigenvalue weighted by molar-refractivity contribution is 0.257. The molecule has 0 heterocycles. The molecule has 0 spiro atoms. The van der Waals surface area contributed by atoms with Crippen molar-refractivity contribution in [2.45, 2.75) is 37.5 Å². The molecular formula is C14H21FN2O2S. The van der Waals surface area contributed by atoms with Crippen molar-refractivity contribution in [1.29, 1.82) is 0 Å². The summed E-state index contributed by atoms with van der Waals surface area (Å²) >= 11 is 0. The van der Waals surface area contributed by atoms with Crippen LogP contribution in [0.2, 0.25) is 0 Å². The summed E-state index contributed by atoms with van der Waals surface area (Å²) in [5.41, 5.74) is 5.26. The van der Waals surface area contributed by atoms with Gasteiger partial charge >= 0.3 is 0 Å². The van der Waals surface area contributed by atoms with Crippen molar-refractivity contribution in [1.82, 2.24) is 4.72 Å². The van der Waals surface area contributed by atoms with E-state index in [1.165, 1.54) is 12.5 Å². The van der Waals surface area contributed by atoms with Gasteiger partial charge in [0, 0.05) is 6.54 Å². The van der Waals surface area contributed by atoms with E-state index in [1.54, 1.807) is 0 Å². The van der Waals surface area contributed by atoms with Crippen molar-refractivity contribution in [3.8, 4) is 0 Å². The molecule has 2 atom stereocenters. The SMILES string of the molecule is CC1CCCCC1CNS(=O)(=O)c1ccc(F)c(N)c1. The second kappa shape index (κ2) is 6.10. The van der Waals surface area contributed by atoms with Crippen LogP contribution in [0.3, 0.4) is 0 Å². The van der Waals surface area contributed by atoms with E-state index in [0.29, 0.717) is 18.4 Å². The summed E-state index contributed by atoms with van der Waals surface area (Å²) < 4.78 is 40.0. The van der Waals surface area contributed by atoms with E-state index in [1.807, 2.05) is 0 Å². The molecule has 0 saturated heterocycles. The molecule has 0 aromatic heterocycles. The third kappa shape index (κ3) is 3.49. The van der Waals surface area contributed by atoms with E-state index in [0.717, 1.165) is 31.4 Å². The molecule has 20 heavy (non-hydrogen) atoms. The minimum atomic E-state index is -3.62. The van der Waals surface area contributed by atoms with Gasteiger partial charge in [0.2, 0.25) is 10.0 Å². The van der Waals surface area contributed by atoms with E-state index in [2.05, 4.69) is 11.6 Å². The highest BCUT2D eigenvalue weighted by molar-refractivity contribution is 7.89. The Morgan fingerprint density at radius 3 is 2.70 bits per heavy atom. The lowest BCUT2D eigenvalue weighted by atomic mass is 9.81. The van der Waals surface area contributed by atoms with Gasteiger partial charge in [0.25, 0.3) is 0 Å². The molecule has 6 heteroatoms. The molecular weight excluding hydrogens is 279 g/mol. The van der Waals surface area contributed by atoms with Crippen LogP contribution in [0.25, 0.3) is 0 Å². The number of benzene rings is 1. The maximum absolute atomic E-state index is 13.1. The van der Waals surface area contributed by atoms with E-state index in [4.69, 9.17) is 5.73 Å². The fraction of sp³-hybridized carbons (Fsp3) is 0.571. The highest BCUT2D eigenvalue weighted by atomic mass is 32.2. The Morgan fingerprint density at radius 1 is 1.35 bits per heavy atom. The first-order valence-corrected chi connectivity index (χ1v) is 8.43. The number of nitrogen functional groups attached to an aromatic ring is 1. The second-order valence-electron chi connectivity index (χ2n) is 5.56. The predicted molar refractivity (Wildman–Crippen MR) is 77.1 cm³/mol. The lowest BCUT2D eigenvalue weighted by Gasteiger charge is -2.28. The fourth-order valence-electron chi connectivity index (χ4n) is 2.69. The summed E-state index contributed by atoms with van der Waals surface area (Å²) in [6, 6.07) is 3.47. The quantitative estimate of drug-likeness (QED) is 0.839. The molecule has 1 fully saturated rings. The van der Waals surface area contributed by atoms with Gasteiger partial charge in [-0.2, -0.15) is 0 Å². The summed E-state index contributed by atoms with van der Waals surface area (Å²) in [5.74, 6) is 0.297. The summed E-state index contributed by atoms with van der Waals surface area (Å²) in [7, 11) is -3.62. The van der Waals surface area contributed by atoms with Gasteiger partial charge in [0.15, 0.2) is 0 Å². The number of nitrogens with one attached hydrogen (secondary N) is 1. The van der Waals surface area contributed by atoms with Crippen LogP contribution in [0.15, 0.2) is 23.1 Å². The summed E-state index contributed by atoms with van der Waals surface area (Å²) in [6.45, 7) is 2.59. The fourth-order valence-corrected chi connectivity index (χ4v) is 3.81. The maximum atomic E-state index is 13.1. The Bertz CT molecular complexity index is 575. The molecule has 4 nitrogen and oxygen atoms in total. The number of hydrogen-bond acceptors (Lipinski definition) is 3. The third-order valence-corrected chi connectivity index (χ3v) is 5.52. The van der Waals surface area contributed by atoms with Crippen molar-refractivity contribution >= 4 is 15.7 Å². The molecule has 1 aliphatic carbocycles. The molecule has 1 saturated carbocycles. The number of hydrogen-bond donors (Lipinski definition) is 2. The van der Waals surface area contributed by atoms with Crippen molar-refractivity contribution < 1.29 is 12.8 Å². The Morgan fingerprint density at radius 2 is 2.05 bits per heavy atom. The molecule has 1 aliphatic rings. The van der Waals surface area contributed by atoms with Crippen LogP contribution in [-0.4, -0.2) is 15.0 Å². The smallest absolute Gasteiger partial charge is 0.240 e.